The lowest BCUT2D eigenvalue weighted by atomic mass is 10.1. The monoisotopic (exact) mass is 640 g/mol. The molecule has 0 saturated heterocycles. The quantitative estimate of drug-likeness (QED) is 0.145. The molecule has 0 atom stereocenters. The summed E-state index contributed by atoms with van der Waals surface area (Å²) in [6.07, 6.45) is 0. The van der Waals surface area contributed by atoms with Gasteiger partial charge in [0.15, 0.2) is 0 Å². The van der Waals surface area contributed by atoms with Crippen molar-refractivity contribution in [2.75, 3.05) is 98.0 Å². The largest absolute Gasteiger partial charge is 0.491 e. The molecule has 1 aliphatic heterocycles. The molecule has 0 fully saturated rings. The highest BCUT2D eigenvalue weighted by atomic mass is 32.2. The van der Waals surface area contributed by atoms with E-state index in [0.29, 0.717) is 52.0 Å². The van der Waals surface area contributed by atoms with Crippen molar-refractivity contribution in [1.29, 1.82) is 0 Å². The second-order valence-electron chi connectivity index (χ2n) is 10.1. The number of fused-ring (bicyclic) bond motifs is 2. The molecule has 0 unspecified atom stereocenters. The average molecular weight is 641 g/mol. The molecule has 0 N–H and O–H groups in total. The van der Waals surface area contributed by atoms with Crippen molar-refractivity contribution in [3.05, 3.63) is 65.7 Å². The molecule has 0 saturated carbocycles. The van der Waals surface area contributed by atoms with Crippen LogP contribution in [0.3, 0.4) is 0 Å². The van der Waals surface area contributed by atoms with Gasteiger partial charge in [-0.25, -0.2) is 9.59 Å². The van der Waals surface area contributed by atoms with Crippen LogP contribution in [0.15, 0.2) is 64.4 Å². The van der Waals surface area contributed by atoms with Crippen molar-refractivity contribution < 1.29 is 42.7 Å². The number of carbonyl (C=O) groups is 2. The van der Waals surface area contributed by atoms with Crippen LogP contribution in [0.1, 0.15) is 20.7 Å². The third-order valence-corrected chi connectivity index (χ3v) is 7.97. The van der Waals surface area contributed by atoms with E-state index >= 15 is 0 Å². The molecular formula is C33H40N2O9S. The van der Waals surface area contributed by atoms with Crippen LogP contribution < -0.4 is 19.3 Å². The Labute approximate surface area is 268 Å². The number of rotatable bonds is 17. The van der Waals surface area contributed by atoms with Crippen molar-refractivity contribution in [3.8, 4) is 11.5 Å². The zero-order valence-electron chi connectivity index (χ0n) is 26.3. The molecule has 0 radical (unpaired) electrons. The number of anilines is 3. The Hall–Kier alpha value is -3.97. The van der Waals surface area contributed by atoms with E-state index in [4.69, 9.17) is 33.2 Å². The molecule has 0 amide bonds. The topological polar surface area (TPSA) is 105 Å². The predicted octanol–water partition coefficient (Wildman–Crippen LogP) is 5.07. The first-order valence-corrected chi connectivity index (χ1v) is 15.3. The minimum Gasteiger partial charge on any atom is -0.491 e. The van der Waals surface area contributed by atoms with Crippen LogP contribution in [-0.4, -0.2) is 100 Å². The molecule has 3 aromatic rings. The maximum Gasteiger partial charge on any atom is 0.338 e. The van der Waals surface area contributed by atoms with Crippen molar-refractivity contribution >= 4 is 40.8 Å². The number of nitrogens with zero attached hydrogens (tertiary/aromatic N) is 2. The number of hydrogen-bond donors (Lipinski definition) is 0. The Kier molecular flexibility index (Phi) is 12.8. The van der Waals surface area contributed by atoms with E-state index in [1.165, 1.54) is 42.6 Å². The lowest BCUT2D eigenvalue weighted by Crippen LogP contribution is -2.16. The Bertz CT molecular complexity index is 1450. The van der Waals surface area contributed by atoms with Crippen LogP contribution in [-0.2, 0) is 23.7 Å². The molecule has 0 aliphatic carbocycles. The fraction of sp³-hybridized carbons (Fsp3) is 0.394. The summed E-state index contributed by atoms with van der Waals surface area (Å²) in [7, 11) is 8.66. The fourth-order valence-electron chi connectivity index (χ4n) is 4.49. The second-order valence-corrected chi connectivity index (χ2v) is 11.1. The van der Waals surface area contributed by atoms with E-state index in [1.807, 2.05) is 20.2 Å². The standard InChI is InChI=1S/C33H40N2O9S/c1-34(2)23-6-10-28-30(20-23)45-31-22-25(8-11-29(31)35(28)3)44-19-17-42-15-13-40-12-14-41-16-18-43-24-7-9-26(32(36)38-4)27(21-24)33(37)39-5/h6-11,20-22H,12-19H2,1-5H3. The van der Waals surface area contributed by atoms with Crippen molar-refractivity contribution in [2.45, 2.75) is 9.79 Å². The zero-order chi connectivity index (χ0) is 32.2. The van der Waals surface area contributed by atoms with Gasteiger partial charge in [0.1, 0.15) is 24.7 Å². The number of ether oxygens (including phenoxy) is 7. The van der Waals surface area contributed by atoms with Crippen LogP contribution in [0.2, 0.25) is 0 Å². The molecule has 3 aromatic carbocycles. The number of methoxy groups -OCH3 is 2. The minimum absolute atomic E-state index is 0.0704. The minimum atomic E-state index is -0.654. The molecule has 4 rings (SSSR count). The summed E-state index contributed by atoms with van der Waals surface area (Å²) in [5, 5.41) is 0. The van der Waals surface area contributed by atoms with Gasteiger partial charge in [0.25, 0.3) is 0 Å². The Morgan fingerprint density at radius 3 is 1.71 bits per heavy atom. The Morgan fingerprint density at radius 1 is 0.644 bits per heavy atom. The van der Waals surface area contributed by atoms with Crippen LogP contribution in [0.5, 0.6) is 11.5 Å². The van der Waals surface area contributed by atoms with Crippen LogP contribution in [0, 0.1) is 0 Å². The Balaban J connectivity index is 1.05. The highest BCUT2D eigenvalue weighted by Gasteiger charge is 2.22. The molecule has 0 spiro atoms. The maximum absolute atomic E-state index is 12.0. The number of carbonyl (C=O) groups excluding carboxylic acids is 2. The van der Waals surface area contributed by atoms with Gasteiger partial charge in [0, 0.05) is 36.6 Å². The van der Waals surface area contributed by atoms with E-state index in [1.54, 1.807) is 17.8 Å². The molecule has 242 valence electrons. The van der Waals surface area contributed by atoms with Gasteiger partial charge in [-0.2, -0.15) is 0 Å². The molecule has 0 bridgehead atoms. The predicted molar refractivity (Wildman–Crippen MR) is 172 cm³/mol. The van der Waals surface area contributed by atoms with E-state index in [-0.39, 0.29) is 17.7 Å². The van der Waals surface area contributed by atoms with E-state index in [9.17, 15) is 9.59 Å². The molecule has 45 heavy (non-hydrogen) atoms. The van der Waals surface area contributed by atoms with Gasteiger partial charge in [0.05, 0.1) is 76.4 Å². The first kappa shape index (κ1) is 33.9. The first-order valence-electron chi connectivity index (χ1n) is 14.5. The third kappa shape index (κ3) is 9.27. The molecular weight excluding hydrogens is 600 g/mol. The van der Waals surface area contributed by atoms with Gasteiger partial charge < -0.3 is 43.0 Å². The average Bonchev–Trinajstić information content (AvgIpc) is 3.05. The molecule has 1 aliphatic rings. The zero-order valence-corrected chi connectivity index (χ0v) is 27.1. The van der Waals surface area contributed by atoms with Gasteiger partial charge in [-0.05, 0) is 54.6 Å². The summed E-state index contributed by atoms with van der Waals surface area (Å²) in [4.78, 5) is 30.6. The summed E-state index contributed by atoms with van der Waals surface area (Å²) in [5.74, 6) is -0.0669. The SMILES string of the molecule is COC(=O)c1ccc(OCCOCCOCCOCCOc2ccc3c(c2)Sc2cc(N(C)C)ccc2N3C)cc1C(=O)OC. The van der Waals surface area contributed by atoms with Crippen molar-refractivity contribution in [2.24, 2.45) is 0 Å². The van der Waals surface area contributed by atoms with Crippen LogP contribution in [0.4, 0.5) is 17.1 Å². The highest BCUT2D eigenvalue weighted by Crippen LogP contribution is 2.49. The second kappa shape index (κ2) is 16.9. The third-order valence-electron chi connectivity index (χ3n) is 6.87. The normalized spacial score (nSPS) is 11.8. The summed E-state index contributed by atoms with van der Waals surface area (Å²) < 4.78 is 37.7. The van der Waals surface area contributed by atoms with Crippen molar-refractivity contribution in [1.82, 2.24) is 0 Å². The molecule has 11 nitrogen and oxygen atoms in total. The molecule has 12 heteroatoms. The first-order chi connectivity index (χ1) is 21.8. The van der Waals surface area contributed by atoms with Gasteiger partial charge in [-0.15, -0.1) is 0 Å². The highest BCUT2D eigenvalue weighted by molar-refractivity contribution is 7.99. The maximum atomic E-state index is 12.0. The van der Waals surface area contributed by atoms with Gasteiger partial charge >= 0.3 is 11.9 Å². The van der Waals surface area contributed by atoms with E-state index in [0.717, 1.165) is 16.3 Å². The lowest BCUT2D eigenvalue weighted by Gasteiger charge is -2.30. The molecule has 0 aromatic heterocycles. The van der Waals surface area contributed by atoms with E-state index < -0.39 is 11.9 Å². The number of esters is 2. The lowest BCUT2D eigenvalue weighted by molar-refractivity contribution is 0.00497. The summed E-state index contributed by atoms with van der Waals surface area (Å²) in [5.41, 5.74) is 3.70. The van der Waals surface area contributed by atoms with Gasteiger partial charge in [0.2, 0.25) is 0 Å². The van der Waals surface area contributed by atoms with Crippen LogP contribution >= 0.6 is 11.8 Å². The number of hydrogen-bond acceptors (Lipinski definition) is 12. The summed E-state index contributed by atoms with van der Waals surface area (Å²) in [6.45, 7) is 3.18. The summed E-state index contributed by atoms with van der Waals surface area (Å²) in [6, 6.07) is 17.2. The Morgan fingerprint density at radius 2 is 1.13 bits per heavy atom. The van der Waals surface area contributed by atoms with Gasteiger partial charge in [-0.3, -0.25) is 0 Å². The van der Waals surface area contributed by atoms with Crippen LogP contribution in [0.25, 0.3) is 0 Å². The smallest absolute Gasteiger partial charge is 0.338 e. The van der Waals surface area contributed by atoms with Crippen molar-refractivity contribution in [3.63, 3.8) is 0 Å². The van der Waals surface area contributed by atoms with E-state index in [2.05, 4.69) is 47.2 Å². The fourth-order valence-corrected chi connectivity index (χ4v) is 5.70. The molecule has 1 heterocycles. The summed E-state index contributed by atoms with van der Waals surface area (Å²) >= 11 is 1.75. The van der Waals surface area contributed by atoms with Gasteiger partial charge in [-0.1, -0.05) is 11.8 Å². The number of benzene rings is 3.